The number of isocyanates is 1. The molecular weight excluding hydrogens is 164 g/mol. The highest BCUT2D eigenvalue weighted by Gasteiger charge is 1.82. The van der Waals surface area contributed by atoms with Gasteiger partial charge in [-0.2, -0.15) is 0 Å². The second-order valence-electron chi connectivity index (χ2n) is 1.17. The predicted octanol–water partition coefficient (Wildman–Crippen LogP) is 0.00117. The number of nitrogens with two attached hydrogens (primary N) is 1. The Labute approximate surface area is 70.8 Å². The number of amides is 1. The number of hydrogen-bond acceptors (Lipinski definition) is 5. The van der Waals surface area contributed by atoms with Crippen LogP contribution < -0.4 is 5.73 Å². The van der Waals surface area contributed by atoms with E-state index in [-0.39, 0.29) is 6.61 Å². The first-order valence-electron chi connectivity index (χ1n) is 3.17. The normalized spacial score (nSPS) is 5.92. The molecule has 0 aromatic carbocycles. The summed E-state index contributed by atoms with van der Waals surface area (Å²) in [6.07, 6.45) is 0.0394. The van der Waals surface area contributed by atoms with Crippen molar-refractivity contribution in [3.8, 4) is 0 Å². The lowest BCUT2D eigenvalue weighted by Crippen LogP contribution is -2.11. The lowest BCUT2D eigenvalue weighted by molar-refractivity contribution is 0.163. The summed E-state index contributed by atoms with van der Waals surface area (Å²) >= 11 is 0. The van der Waals surface area contributed by atoms with Crippen LogP contribution in [0.2, 0.25) is 0 Å². The highest BCUT2D eigenvalue weighted by Crippen LogP contribution is 1.66. The molecule has 0 aliphatic carbocycles. The van der Waals surface area contributed by atoms with E-state index >= 15 is 0 Å². The zero-order valence-corrected chi connectivity index (χ0v) is 7.16. The minimum absolute atomic E-state index is 0.250. The van der Waals surface area contributed by atoms with Gasteiger partial charge in [-0.25, -0.2) is 15.0 Å². The summed E-state index contributed by atoms with van der Waals surface area (Å²) in [7, 11) is 0. The summed E-state index contributed by atoms with van der Waals surface area (Å²) in [5.41, 5.74) is 4.54. The molecule has 6 heteroatoms. The van der Waals surface area contributed by atoms with Crippen molar-refractivity contribution in [1.82, 2.24) is 0 Å². The Bertz CT molecular complexity index is 121. The lowest BCUT2D eigenvalue weighted by Gasteiger charge is -1.89. The van der Waals surface area contributed by atoms with Crippen LogP contribution in [0.15, 0.2) is 0 Å². The van der Waals surface area contributed by atoms with Crippen LogP contribution in [0.1, 0.15) is 13.8 Å². The van der Waals surface area contributed by atoms with Crippen molar-refractivity contribution in [3.63, 3.8) is 0 Å². The molecule has 0 aromatic rings. The van der Waals surface area contributed by atoms with Crippen molar-refractivity contribution in [3.05, 3.63) is 0 Å². The third-order valence-electron chi connectivity index (χ3n) is 0.287. The van der Waals surface area contributed by atoms with Crippen LogP contribution in [0.5, 0.6) is 0 Å². The minimum Gasteiger partial charge on any atom is -0.450 e. The monoisotopic (exact) mass is 178 g/mol. The van der Waals surface area contributed by atoms with E-state index in [9.17, 15) is 4.79 Å². The average molecular weight is 178 g/mol. The first-order valence-corrected chi connectivity index (χ1v) is 3.17. The predicted molar refractivity (Wildman–Crippen MR) is 42.4 cm³/mol. The van der Waals surface area contributed by atoms with Crippen LogP contribution in [-0.4, -0.2) is 30.5 Å². The van der Waals surface area contributed by atoms with Crippen molar-refractivity contribution in [2.24, 2.45) is 5.73 Å². The Balaban J connectivity index is -0.000000115. The number of carbonyl (C=O) groups is 1. The van der Waals surface area contributed by atoms with Gasteiger partial charge in [0.25, 0.3) is 0 Å². The number of hydrogen-bond donors (Lipinski definition) is 3. The maximum Gasteiger partial charge on any atom is 0.404 e. The quantitative estimate of drug-likeness (QED) is 0.387. The van der Waals surface area contributed by atoms with E-state index in [1.807, 2.05) is 0 Å². The second kappa shape index (κ2) is 22.6. The molecule has 0 unspecified atom stereocenters. The molecule has 0 spiro atoms. The van der Waals surface area contributed by atoms with E-state index in [1.165, 1.54) is 0 Å². The van der Waals surface area contributed by atoms with Gasteiger partial charge in [-0.05, 0) is 13.8 Å². The lowest BCUT2D eigenvalue weighted by atomic mass is 10.9. The van der Waals surface area contributed by atoms with Crippen molar-refractivity contribution >= 4 is 12.2 Å². The van der Waals surface area contributed by atoms with Gasteiger partial charge in [0.2, 0.25) is 6.08 Å². The topological polar surface area (TPSA) is 113 Å². The number of nitrogens with one attached hydrogen (secondary N) is 1. The summed E-state index contributed by atoms with van der Waals surface area (Å²) in [5, 5.41) is 13.0. The van der Waals surface area contributed by atoms with E-state index < -0.39 is 6.09 Å². The summed E-state index contributed by atoms with van der Waals surface area (Å²) in [5.74, 6) is 0. The van der Waals surface area contributed by atoms with Gasteiger partial charge < -0.3 is 15.6 Å². The van der Waals surface area contributed by atoms with E-state index in [1.54, 1.807) is 13.8 Å². The number of rotatable bonds is 1. The molecule has 72 valence electrons. The van der Waals surface area contributed by atoms with E-state index in [0.717, 1.165) is 6.08 Å². The molecule has 4 N–H and O–H groups in total. The Kier molecular flexibility index (Phi) is 31.9. The van der Waals surface area contributed by atoms with Crippen LogP contribution in [0.3, 0.4) is 0 Å². The Morgan fingerprint density at radius 3 is 1.92 bits per heavy atom. The molecule has 0 aliphatic heterocycles. The Morgan fingerprint density at radius 2 is 1.92 bits per heavy atom. The minimum atomic E-state index is -0.711. The fourth-order valence-corrected chi connectivity index (χ4v) is 0.142. The van der Waals surface area contributed by atoms with Crippen LogP contribution in [0.25, 0.3) is 0 Å². The van der Waals surface area contributed by atoms with Gasteiger partial charge in [0, 0.05) is 6.61 Å². The molecule has 0 aromatic heterocycles. The van der Waals surface area contributed by atoms with Gasteiger partial charge in [-0.3, -0.25) is 0 Å². The van der Waals surface area contributed by atoms with Crippen molar-refractivity contribution in [2.45, 2.75) is 13.8 Å². The summed E-state index contributed by atoms with van der Waals surface area (Å²) < 4.78 is 4.18. The van der Waals surface area contributed by atoms with E-state index in [0.29, 0.717) is 6.61 Å². The Hall–Kier alpha value is -1.39. The third-order valence-corrected chi connectivity index (χ3v) is 0.287. The SMILES string of the molecule is CCO.CCOC(N)=O.N=C=O. The number of primary amides is 1. The van der Waals surface area contributed by atoms with E-state index in [4.69, 9.17) is 15.3 Å². The van der Waals surface area contributed by atoms with Crippen molar-refractivity contribution in [2.75, 3.05) is 13.2 Å². The van der Waals surface area contributed by atoms with Gasteiger partial charge in [0.05, 0.1) is 6.61 Å². The molecule has 0 aliphatic rings. The fraction of sp³-hybridized carbons (Fsp3) is 0.667. The van der Waals surface area contributed by atoms with Gasteiger partial charge in [0.1, 0.15) is 0 Å². The number of carbonyl (C=O) groups excluding carboxylic acids is 2. The standard InChI is InChI=1S/C3H7NO2.C2H6O.CHNO/c1-2-6-3(4)5;1-2-3;2-1-3/h2H2,1H3,(H2,4,5);3H,2H2,1H3;2H. The summed E-state index contributed by atoms with van der Waals surface area (Å²) in [4.78, 5) is 17.9. The molecule has 0 heterocycles. The molecule has 0 saturated carbocycles. The van der Waals surface area contributed by atoms with Crippen LogP contribution >= 0.6 is 0 Å². The molecule has 0 radical (unpaired) electrons. The van der Waals surface area contributed by atoms with Crippen LogP contribution in [-0.2, 0) is 9.53 Å². The van der Waals surface area contributed by atoms with Crippen LogP contribution in [0, 0.1) is 5.41 Å². The zero-order chi connectivity index (χ0) is 10.4. The molecule has 1 amide bonds. The summed E-state index contributed by atoms with van der Waals surface area (Å²) in [6.45, 7) is 3.99. The van der Waals surface area contributed by atoms with Crippen molar-refractivity contribution < 1.29 is 19.4 Å². The molecule has 0 fully saturated rings. The molecule has 0 atom stereocenters. The largest absolute Gasteiger partial charge is 0.450 e. The average Bonchev–Trinajstić information content (AvgIpc) is 1.89. The first-order chi connectivity index (χ1) is 5.60. The number of ether oxygens (including phenoxy) is 1. The molecular formula is C6H14N2O4. The molecule has 12 heavy (non-hydrogen) atoms. The molecule has 0 saturated heterocycles. The summed E-state index contributed by atoms with van der Waals surface area (Å²) in [6, 6.07) is 0. The van der Waals surface area contributed by atoms with Crippen LogP contribution in [0.4, 0.5) is 4.79 Å². The van der Waals surface area contributed by atoms with Crippen molar-refractivity contribution in [1.29, 1.82) is 5.41 Å². The van der Waals surface area contributed by atoms with Gasteiger partial charge in [-0.15, -0.1) is 0 Å². The van der Waals surface area contributed by atoms with Gasteiger partial charge in [-0.1, -0.05) is 0 Å². The zero-order valence-electron chi connectivity index (χ0n) is 7.16. The van der Waals surface area contributed by atoms with E-state index in [2.05, 4.69) is 10.5 Å². The smallest absolute Gasteiger partial charge is 0.404 e. The highest BCUT2D eigenvalue weighted by atomic mass is 16.5. The maximum atomic E-state index is 9.60. The fourth-order valence-electron chi connectivity index (χ4n) is 0.142. The molecule has 0 bridgehead atoms. The number of aliphatic hydroxyl groups is 1. The second-order valence-corrected chi connectivity index (χ2v) is 1.17. The molecule has 6 nitrogen and oxygen atoms in total. The number of aliphatic hydroxyl groups excluding tert-OH is 1. The maximum absolute atomic E-state index is 9.60. The first kappa shape index (κ1) is 16.9. The Morgan fingerprint density at radius 1 is 1.67 bits per heavy atom. The molecule has 0 rings (SSSR count). The third kappa shape index (κ3) is 192. The van der Waals surface area contributed by atoms with Gasteiger partial charge >= 0.3 is 6.09 Å². The van der Waals surface area contributed by atoms with Gasteiger partial charge in [0.15, 0.2) is 0 Å². The highest BCUT2D eigenvalue weighted by molar-refractivity contribution is 5.64.